The van der Waals surface area contributed by atoms with Gasteiger partial charge in [0.15, 0.2) is 5.60 Å². The van der Waals surface area contributed by atoms with Gasteiger partial charge in [-0.3, -0.25) is 14.4 Å². The highest BCUT2D eigenvalue weighted by Crippen LogP contribution is 2.59. The molecule has 2 amide bonds. The average molecular weight is 415 g/mol. The van der Waals surface area contributed by atoms with Gasteiger partial charge in [0.1, 0.15) is 0 Å². The van der Waals surface area contributed by atoms with Crippen molar-refractivity contribution in [2.45, 2.75) is 11.4 Å². The van der Waals surface area contributed by atoms with Crippen LogP contribution in [0.3, 0.4) is 0 Å². The lowest BCUT2D eigenvalue weighted by Gasteiger charge is -2.55. The van der Waals surface area contributed by atoms with Crippen molar-refractivity contribution >= 4 is 29.3 Å². The van der Waals surface area contributed by atoms with Crippen LogP contribution in [-0.2, 0) is 38.1 Å². The van der Waals surface area contributed by atoms with E-state index in [1.54, 1.807) is 30.3 Å². The van der Waals surface area contributed by atoms with Gasteiger partial charge in [-0.15, -0.1) is 0 Å². The molecule has 1 aliphatic heterocycles. The number of anilines is 1. The Bertz CT molecular complexity index is 966. The summed E-state index contributed by atoms with van der Waals surface area (Å²) in [7, 11) is 4.91. The molecule has 1 aromatic rings. The predicted molar refractivity (Wildman–Crippen MR) is 101 cm³/mol. The number of hydrogen-bond donors (Lipinski definition) is 0. The highest BCUT2D eigenvalue weighted by Gasteiger charge is 2.78. The van der Waals surface area contributed by atoms with Crippen LogP contribution in [0.2, 0.25) is 0 Å². The van der Waals surface area contributed by atoms with Crippen molar-refractivity contribution in [1.82, 2.24) is 0 Å². The zero-order valence-electron chi connectivity index (χ0n) is 16.9. The van der Waals surface area contributed by atoms with Gasteiger partial charge in [0.05, 0.1) is 30.6 Å². The molecule has 158 valence electrons. The summed E-state index contributed by atoms with van der Waals surface area (Å²) in [6, 6.07) is 8.37. The number of rotatable bonds is 5. The molecule has 0 radical (unpaired) electrons. The van der Waals surface area contributed by atoms with Crippen molar-refractivity contribution in [3.63, 3.8) is 0 Å². The number of ether oxygens (including phenoxy) is 4. The van der Waals surface area contributed by atoms with Gasteiger partial charge in [0.25, 0.3) is 0 Å². The van der Waals surface area contributed by atoms with Crippen molar-refractivity contribution in [2.75, 3.05) is 33.3 Å². The van der Waals surface area contributed by atoms with Gasteiger partial charge in [-0.25, -0.2) is 9.69 Å². The highest BCUT2D eigenvalue weighted by molar-refractivity contribution is 6.26. The van der Waals surface area contributed by atoms with E-state index in [1.807, 2.05) is 0 Å². The molecule has 9 heteroatoms. The second-order valence-corrected chi connectivity index (χ2v) is 7.32. The molecule has 2 fully saturated rings. The lowest BCUT2D eigenvalue weighted by atomic mass is 9.54. The summed E-state index contributed by atoms with van der Waals surface area (Å²) in [5.41, 5.74) is -1.56. The summed E-state index contributed by atoms with van der Waals surface area (Å²) >= 11 is 0. The van der Waals surface area contributed by atoms with Crippen molar-refractivity contribution in [3.05, 3.63) is 42.0 Å². The molecular formula is C21H21NO8. The number of nitrogens with zero attached hydrogens (tertiary/aromatic N) is 1. The maximum absolute atomic E-state index is 13.6. The second kappa shape index (κ2) is 6.83. The van der Waals surface area contributed by atoms with Crippen LogP contribution in [0.15, 0.2) is 42.0 Å². The maximum atomic E-state index is 13.6. The number of amides is 2. The number of benzene rings is 1. The molecule has 1 saturated carbocycles. The van der Waals surface area contributed by atoms with E-state index in [9.17, 15) is 19.2 Å². The largest absolute Gasteiger partial charge is 0.466 e. The third-order valence-corrected chi connectivity index (χ3v) is 6.34. The molecule has 3 aliphatic carbocycles. The van der Waals surface area contributed by atoms with E-state index in [4.69, 9.17) is 18.9 Å². The summed E-state index contributed by atoms with van der Waals surface area (Å²) in [5, 5.41) is 0. The number of para-hydroxylation sites is 1. The Labute approximate surface area is 172 Å². The first-order valence-electron chi connectivity index (χ1n) is 9.28. The zero-order valence-corrected chi connectivity index (χ0v) is 16.9. The molecule has 4 aliphatic rings. The lowest BCUT2D eigenvalue weighted by molar-refractivity contribution is -0.265. The number of carbonyl (C=O) groups is 4. The fourth-order valence-corrected chi connectivity index (χ4v) is 5.08. The van der Waals surface area contributed by atoms with E-state index in [-0.39, 0.29) is 5.57 Å². The van der Waals surface area contributed by atoms with E-state index in [0.717, 1.165) is 4.90 Å². The SMILES string of the molecule is COC(=O)C1=CC2(OC)C(=O)C(OC)(OC)C1C1C(=O)N(c3ccccc3)C(=O)C12. The molecule has 1 aromatic carbocycles. The van der Waals surface area contributed by atoms with E-state index in [1.165, 1.54) is 34.5 Å². The van der Waals surface area contributed by atoms with Crippen LogP contribution in [0, 0.1) is 17.8 Å². The summed E-state index contributed by atoms with van der Waals surface area (Å²) in [6.45, 7) is 0. The van der Waals surface area contributed by atoms with Crippen molar-refractivity contribution < 1.29 is 38.1 Å². The fraction of sp³-hybridized carbons (Fsp3) is 0.429. The van der Waals surface area contributed by atoms with Crippen LogP contribution in [0.4, 0.5) is 5.69 Å². The van der Waals surface area contributed by atoms with Gasteiger partial charge in [0, 0.05) is 26.9 Å². The number of imide groups is 1. The number of fused-ring (bicyclic) bond motifs is 1. The molecule has 0 spiro atoms. The molecule has 1 saturated heterocycles. The Morgan fingerprint density at radius 2 is 1.53 bits per heavy atom. The van der Waals surface area contributed by atoms with Gasteiger partial charge in [0.2, 0.25) is 23.4 Å². The second-order valence-electron chi connectivity index (χ2n) is 7.32. The van der Waals surface area contributed by atoms with Gasteiger partial charge in [-0.05, 0) is 18.2 Å². The zero-order chi connectivity index (χ0) is 21.8. The Kier molecular flexibility index (Phi) is 4.64. The van der Waals surface area contributed by atoms with Gasteiger partial charge in [-0.1, -0.05) is 18.2 Å². The summed E-state index contributed by atoms with van der Waals surface area (Å²) in [6.07, 6.45) is 1.28. The number of carbonyl (C=O) groups excluding carboxylic acids is 4. The van der Waals surface area contributed by atoms with E-state index in [0.29, 0.717) is 5.69 Å². The van der Waals surface area contributed by atoms with Crippen LogP contribution < -0.4 is 4.90 Å². The third kappa shape index (κ3) is 2.22. The number of ketones is 1. The third-order valence-electron chi connectivity index (χ3n) is 6.34. The van der Waals surface area contributed by atoms with Crippen LogP contribution in [0.1, 0.15) is 0 Å². The van der Waals surface area contributed by atoms with E-state index < -0.39 is 52.7 Å². The quantitative estimate of drug-likeness (QED) is 0.388. The van der Waals surface area contributed by atoms with E-state index in [2.05, 4.69) is 0 Å². The Balaban J connectivity index is 1.98. The minimum Gasteiger partial charge on any atom is -0.466 e. The predicted octanol–water partition coefficient (Wildman–Crippen LogP) is 0.478. The maximum Gasteiger partial charge on any atom is 0.334 e. The summed E-state index contributed by atoms with van der Waals surface area (Å²) in [4.78, 5) is 54.1. The molecule has 0 aromatic heterocycles. The number of Topliss-reactive ketones (excluding diaryl/α,β-unsaturated/α-hetero) is 1. The van der Waals surface area contributed by atoms with Gasteiger partial charge in [-0.2, -0.15) is 0 Å². The molecule has 30 heavy (non-hydrogen) atoms. The fourth-order valence-electron chi connectivity index (χ4n) is 5.08. The smallest absolute Gasteiger partial charge is 0.334 e. The molecule has 5 rings (SSSR count). The minimum atomic E-state index is -1.99. The highest BCUT2D eigenvalue weighted by atomic mass is 16.7. The van der Waals surface area contributed by atoms with Crippen LogP contribution in [0.25, 0.3) is 0 Å². The topological polar surface area (TPSA) is 108 Å². The Hall–Kier alpha value is -2.88. The molecule has 4 unspecified atom stereocenters. The summed E-state index contributed by atoms with van der Waals surface area (Å²) in [5.74, 6) is -8.05. The van der Waals surface area contributed by atoms with Crippen molar-refractivity contribution in [2.24, 2.45) is 17.8 Å². The molecule has 2 bridgehead atoms. The Morgan fingerprint density at radius 3 is 2.07 bits per heavy atom. The molecule has 9 nitrogen and oxygen atoms in total. The van der Waals surface area contributed by atoms with Gasteiger partial charge < -0.3 is 18.9 Å². The van der Waals surface area contributed by atoms with E-state index >= 15 is 0 Å². The molecule has 1 heterocycles. The van der Waals surface area contributed by atoms with Gasteiger partial charge >= 0.3 is 5.97 Å². The van der Waals surface area contributed by atoms with Crippen LogP contribution >= 0.6 is 0 Å². The Morgan fingerprint density at radius 1 is 0.900 bits per heavy atom. The average Bonchev–Trinajstić information content (AvgIpc) is 3.05. The monoisotopic (exact) mass is 415 g/mol. The first kappa shape index (κ1) is 20.4. The number of methoxy groups -OCH3 is 4. The molecular weight excluding hydrogens is 394 g/mol. The van der Waals surface area contributed by atoms with Crippen molar-refractivity contribution in [3.8, 4) is 0 Å². The van der Waals surface area contributed by atoms with Crippen LogP contribution in [-0.4, -0.2) is 63.4 Å². The molecule has 4 atom stereocenters. The normalized spacial score (nSPS) is 31.6. The number of hydrogen-bond acceptors (Lipinski definition) is 8. The molecule has 0 N–H and O–H groups in total. The minimum absolute atomic E-state index is 0.0000355. The van der Waals surface area contributed by atoms with Crippen molar-refractivity contribution in [1.29, 1.82) is 0 Å². The first-order valence-corrected chi connectivity index (χ1v) is 9.28. The van der Waals surface area contributed by atoms with Crippen LogP contribution in [0.5, 0.6) is 0 Å². The summed E-state index contributed by atoms with van der Waals surface area (Å²) < 4.78 is 21.4. The lowest BCUT2D eigenvalue weighted by Crippen LogP contribution is -2.73. The standard InChI is InChI=1S/C21H21NO8/c1-27-18(25)12-10-20(28-2)15-13(14(12)21(29-3,30-4)19(20)26)16(23)22(17(15)24)11-8-6-5-7-9-11/h5-10,13-15H,1-4H3. The first-order chi connectivity index (χ1) is 14.3. The number of esters is 1.